The fourth-order valence-electron chi connectivity index (χ4n) is 2.24. The third kappa shape index (κ3) is 4.03. The third-order valence-electron chi connectivity index (χ3n) is 3.32. The van der Waals surface area contributed by atoms with Crippen molar-refractivity contribution in [1.82, 2.24) is 0 Å². The Hall–Kier alpha value is -0.740. The van der Waals surface area contributed by atoms with E-state index in [9.17, 15) is 25.9 Å². The zero-order valence-electron chi connectivity index (χ0n) is 12.3. The van der Waals surface area contributed by atoms with E-state index in [1.807, 2.05) is 0 Å². The molecule has 1 unspecified atom stereocenters. The predicted molar refractivity (Wildman–Crippen MR) is 88.8 cm³/mol. The van der Waals surface area contributed by atoms with Gasteiger partial charge < -0.3 is 0 Å². The molecule has 1 aliphatic carbocycles. The zero-order chi connectivity index (χ0) is 16.4. The molecule has 119 valence electrons. The van der Waals surface area contributed by atoms with Gasteiger partial charge in [0.2, 0.25) is 4.08 Å². The largest absolute Gasteiger partial charge is 0.292 e. The molecular weight excluding hydrogens is 351 g/mol. The Labute approximate surface area is 157 Å². The quantitative estimate of drug-likeness (QED) is 0.619. The Bertz CT molecular complexity index is 807. The van der Waals surface area contributed by atoms with E-state index < -0.39 is 30.2 Å². The van der Waals surface area contributed by atoms with Crippen molar-refractivity contribution < 1.29 is 25.9 Å². The summed E-state index contributed by atoms with van der Waals surface area (Å²) in [6.07, 6.45) is 7.44. The van der Waals surface area contributed by atoms with Gasteiger partial charge in [0.25, 0.3) is 20.2 Å². The molecule has 0 heterocycles. The Morgan fingerprint density at radius 2 is 1.52 bits per heavy atom. The van der Waals surface area contributed by atoms with Crippen LogP contribution >= 0.6 is 0 Å². The minimum atomic E-state index is -5.13. The van der Waals surface area contributed by atoms with Gasteiger partial charge >= 0.3 is 0 Å². The van der Waals surface area contributed by atoms with E-state index in [4.69, 9.17) is 0 Å². The molecule has 0 bridgehead atoms. The Morgan fingerprint density at radius 1 is 0.957 bits per heavy atom. The molecule has 0 saturated carbocycles. The second-order valence-corrected chi connectivity index (χ2v) is 8.22. The van der Waals surface area contributed by atoms with E-state index >= 15 is 0 Å². The van der Waals surface area contributed by atoms with Crippen LogP contribution < -0.4 is 0 Å². The van der Waals surface area contributed by atoms with E-state index in [0.29, 0.717) is 5.56 Å². The van der Waals surface area contributed by atoms with Crippen LogP contribution in [0.4, 0.5) is 0 Å². The van der Waals surface area contributed by atoms with E-state index in [2.05, 4.69) is 0 Å². The van der Waals surface area contributed by atoms with Gasteiger partial charge in [0, 0.05) is 35.5 Å². The maximum absolute atomic E-state index is 11.7. The van der Waals surface area contributed by atoms with Crippen molar-refractivity contribution in [3.05, 3.63) is 66.3 Å². The smallest absolute Gasteiger partial charge is 0.284 e. The normalized spacial score (nSPS) is 20.3. The van der Waals surface area contributed by atoms with Crippen molar-refractivity contribution in [1.29, 1.82) is 0 Å². The van der Waals surface area contributed by atoms with Crippen molar-refractivity contribution in [2.45, 2.75) is 4.08 Å². The monoisotopic (exact) mass is 365 g/mol. The van der Waals surface area contributed by atoms with Crippen LogP contribution in [0.2, 0.25) is 0 Å². The number of hydrogen-bond acceptors (Lipinski definition) is 4. The molecule has 2 N–H and O–H groups in total. The van der Waals surface area contributed by atoms with Crippen LogP contribution in [0.5, 0.6) is 0 Å². The van der Waals surface area contributed by atoms with Crippen molar-refractivity contribution in [2.75, 3.05) is 0 Å². The van der Waals surface area contributed by atoms with Gasteiger partial charge in [0.05, 0.1) is 0 Å². The van der Waals surface area contributed by atoms with Crippen LogP contribution in [-0.2, 0) is 20.2 Å². The van der Waals surface area contributed by atoms with Crippen LogP contribution in [0.3, 0.4) is 0 Å². The van der Waals surface area contributed by atoms with Gasteiger partial charge in [-0.05, 0) is 11.6 Å². The van der Waals surface area contributed by atoms with E-state index in [1.54, 1.807) is 30.3 Å². The van der Waals surface area contributed by atoms with Crippen molar-refractivity contribution in [3.8, 4) is 0 Å². The molecule has 1 atom stereocenters. The van der Waals surface area contributed by atoms with Gasteiger partial charge in [-0.1, -0.05) is 60.7 Å². The molecule has 6 nitrogen and oxygen atoms in total. The molecule has 1 aromatic rings. The number of benzene rings is 1. The molecule has 0 saturated heterocycles. The number of rotatable bonds is 4. The molecular formula is C14H14NaO6S2. The molecule has 9 heteroatoms. The SMILES string of the molecule is O=S(=O)(O)C1(S(=O)(=O)O)C=CC=CC1C=Cc1ccccc1.[Na]. The minimum Gasteiger partial charge on any atom is -0.284 e. The molecule has 2 rings (SSSR count). The van der Waals surface area contributed by atoms with Crippen LogP contribution in [0.1, 0.15) is 5.56 Å². The first-order valence-electron chi connectivity index (χ1n) is 6.22. The van der Waals surface area contributed by atoms with Crippen LogP contribution in [0, 0.1) is 5.92 Å². The summed E-state index contributed by atoms with van der Waals surface area (Å²) in [5, 5.41) is 0. The molecule has 23 heavy (non-hydrogen) atoms. The summed E-state index contributed by atoms with van der Waals surface area (Å²) in [7, 11) is -10.3. The molecule has 0 spiro atoms. The summed E-state index contributed by atoms with van der Waals surface area (Å²) in [5.74, 6) is -1.28. The molecule has 1 aliphatic rings. The van der Waals surface area contributed by atoms with Crippen LogP contribution in [-0.4, -0.2) is 59.6 Å². The maximum Gasteiger partial charge on any atom is 0.292 e. The number of allylic oxidation sites excluding steroid dienone is 4. The molecule has 0 aromatic heterocycles. The molecule has 0 amide bonds. The first-order valence-corrected chi connectivity index (χ1v) is 9.10. The van der Waals surface area contributed by atoms with Gasteiger partial charge in [0.1, 0.15) is 0 Å². The Morgan fingerprint density at radius 3 is 2.04 bits per heavy atom. The van der Waals surface area contributed by atoms with Gasteiger partial charge in [-0.25, -0.2) is 0 Å². The average Bonchev–Trinajstić information content (AvgIpc) is 2.44. The second-order valence-electron chi connectivity index (χ2n) is 4.71. The third-order valence-corrected chi connectivity index (χ3v) is 7.02. The van der Waals surface area contributed by atoms with Gasteiger partial charge in [0.15, 0.2) is 0 Å². The van der Waals surface area contributed by atoms with Crippen molar-refractivity contribution in [2.24, 2.45) is 5.92 Å². The van der Waals surface area contributed by atoms with Crippen LogP contribution in [0.25, 0.3) is 6.08 Å². The maximum atomic E-state index is 11.7. The Kier molecular flexibility index (Phi) is 6.56. The fraction of sp³-hybridized carbons (Fsp3) is 0.143. The molecule has 1 aromatic carbocycles. The van der Waals surface area contributed by atoms with Gasteiger partial charge in [-0.3, -0.25) is 9.11 Å². The summed E-state index contributed by atoms with van der Waals surface area (Å²) in [6.45, 7) is 0. The minimum absolute atomic E-state index is 0. The standard InChI is InChI=1S/C14H14O6S2.Na/c15-21(16,17)14(22(18,19)20)11-5-4-8-13(14)10-9-12-6-2-1-3-7-12;/h1-11,13H,(H,15,16,17)(H,18,19,20);. The summed E-state index contributed by atoms with van der Waals surface area (Å²) in [4.78, 5) is 0. The first-order chi connectivity index (χ1) is 10.2. The topological polar surface area (TPSA) is 109 Å². The summed E-state index contributed by atoms with van der Waals surface area (Å²) < 4.78 is 62.7. The van der Waals surface area contributed by atoms with Crippen molar-refractivity contribution >= 4 is 55.9 Å². The average molecular weight is 365 g/mol. The summed E-state index contributed by atoms with van der Waals surface area (Å²) >= 11 is 0. The summed E-state index contributed by atoms with van der Waals surface area (Å²) in [5.41, 5.74) is 0.713. The van der Waals surface area contributed by atoms with E-state index in [-0.39, 0.29) is 29.6 Å². The molecule has 0 aliphatic heterocycles. The van der Waals surface area contributed by atoms with Gasteiger partial charge in [-0.15, -0.1) is 0 Å². The van der Waals surface area contributed by atoms with E-state index in [0.717, 1.165) is 12.2 Å². The van der Waals surface area contributed by atoms with Gasteiger partial charge in [-0.2, -0.15) is 16.8 Å². The zero-order valence-corrected chi connectivity index (χ0v) is 15.9. The van der Waals surface area contributed by atoms with E-state index in [1.165, 1.54) is 24.3 Å². The number of hydrogen-bond donors (Lipinski definition) is 2. The van der Waals surface area contributed by atoms with Crippen LogP contribution in [0.15, 0.2) is 60.7 Å². The first kappa shape index (κ1) is 20.3. The molecule has 0 fully saturated rings. The fourth-order valence-corrected chi connectivity index (χ4v) is 4.81. The Balaban J connectivity index is 0.00000264. The summed E-state index contributed by atoms with van der Waals surface area (Å²) in [6, 6.07) is 8.79. The van der Waals surface area contributed by atoms with Crippen molar-refractivity contribution in [3.63, 3.8) is 0 Å². The predicted octanol–water partition coefficient (Wildman–Crippen LogP) is 1.53. The second kappa shape index (κ2) is 7.43. The molecule has 1 radical (unpaired) electrons.